The van der Waals surface area contributed by atoms with Crippen LogP contribution < -0.4 is 0 Å². The van der Waals surface area contributed by atoms with Crippen molar-refractivity contribution in [1.82, 2.24) is 4.90 Å². The van der Waals surface area contributed by atoms with Gasteiger partial charge in [-0.1, -0.05) is 44.1 Å². The van der Waals surface area contributed by atoms with Crippen LogP contribution in [0.3, 0.4) is 0 Å². The van der Waals surface area contributed by atoms with Crippen molar-refractivity contribution in [3.63, 3.8) is 0 Å². The van der Waals surface area contributed by atoms with E-state index >= 15 is 0 Å². The molecular formula is C28H39NO6. The van der Waals surface area contributed by atoms with Gasteiger partial charge in [0.2, 0.25) is 11.8 Å². The van der Waals surface area contributed by atoms with Gasteiger partial charge in [-0.25, -0.2) is 0 Å². The van der Waals surface area contributed by atoms with E-state index in [1.54, 1.807) is 25.3 Å². The van der Waals surface area contributed by atoms with Crippen molar-refractivity contribution in [3.8, 4) is 5.75 Å². The molecule has 35 heavy (non-hydrogen) atoms. The number of nitrogens with zero attached hydrogens (tertiary/aromatic N) is 1. The van der Waals surface area contributed by atoms with Gasteiger partial charge >= 0.3 is 0 Å². The molecule has 1 fully saturated rings. The molecule has 3 rings (SSSR count). The van der Waals surface area contributed by atoms with Gasteiger partial charge in [0.25, 0.3) is 0 Å². The Morgan fingerprint density at radius 1 is 1.20 bits per heavy atom. The lowest BCUT2D eigenvalue weighted by Crippen LogP contribution is -2.39. The van der Waals surface area contributed by atoms with Gasteiger partial charge in [-0.3, -0.25) is 14.5 Å². The van der Waals surface area contributed by atoms with Crippen LogP contribution in [0.4, 0.5) is 0 Å². The van der Waals surface area contributed by atoms with Crippen molar-refractivity contribution >= 4 is 17.9 Å². The number of aliphatic hydroxyl groups is 2. The zero-order valence-corrected chi connectivity index (χ0v) is 21.1. The fourth-order valence-corrected chi connectivity index (χ4v) is 5.69. The van der Waals surface area contributed by atoms with Gasteiger partial charge in [-0.05, 0) is 60.9 Å². The first-order chi connectivity index (χ1) is 16.9. The summed E-state index contributed by atoms with van der Waals surface area (Å²) >= 11 is 0. The number of hydrogen-bond acceptors (Lipinski definition) is 6. The maximum Gasteiger partial charge on any atom is 0.233 e. The van der Waals surface area contributed by atoms with Crippen LogP contribution in [0.25, 0.3) is 6.08 Å². The number of methoxy groups -OCH3 is 1. The van der Waals surface area contributed by atoms with Gasteiger partial charge in [-0.2, -0.15) is 0 Å². The first kappa shape index (κ1) is 27.1. The second-order valence-corrected chi connectivity index (χ2v) is 9.65. The van der Waals surface area contributed by atoms with Gasteiger partial charge in [0.1, 0.15) is 5.75 Å². The molecule has 1 heterocycles. The first-order valence-electron chi connectivity index (χ1n) is 12.7. The minimum Gasteiger partial charge on any atom is -0.508 e. The number of allylic oxidation sites excluding steroid dienone is 1. The number of phenolic OH excluding ortho intramolecular Hbond substituents is 1. The molecule has 0 aromatic heterocycles. The molecule has 1 aromatic carbocycles. The Morgan fingerprint density at radius 3 is 2.60 bits per heavy atom. The van der Waals surface area contributed by atoms with Gasteiger partial charge in [0.15, 0.2) is 0 Å². The van der Waals surface area contributed by atoms with E-state index in [-0.39, 0.29) is 30.8 Å². The topological polar surface area (TPSA) is 107 Å². The number of hydrogen-bond donors (Lipinski definition) is 3. The number of aliphatic hydroxyl groups excluding tert-OH is 2. The number of rotatable bonds is 12. The van der Waals surface area contributed by atoms with E-state index < -0.39 is 23.9 Å². The third-order valence-electron chi connectivity index (χ3n) is 7.15. The zero-order valence-electron chi connectivity index (χ0n) is 21.1. The molecule has 0 saturated carbocycles. The SMILES string of the molecule is CCC/C(=C\c1cccc(O)c1)CC[C@@H](O)C1=C(COC)C[C@H]2C(=O)N(CCC)C(=O)[C@H]2[C@H]1CO. The Labute approximate surface area is 208 Å². The number of likely N-dealkylation sites (tertiary alicyclic amines) is 1. The highest BCUT2D eigenvalue weighted by molar-refractivity contribution is 6.05. The molecule has 2 aliphatic rings. The van der Waals surface area contributed by atoms with E-state index in [0.29, 0.717) is 37.8 Å². The van der Waals surface area contributed by atoms with Gasteiger partial charge < -0.3 is 20.1 Å². The van der Waals surface area contributed by atoms with Gasteiger partial charge in [0.05, 0.1) is 31.2 Å². The van der Waals surface area contributed by atoms with Crippen LogP contribution in [0, 0.1) is 17.8 Å². The summed E-state index contributed by atoms with van der Waals surface area (Å²) in [5.41, 5.74) is 3.53. The van der Waals surface area contributed by atoms with Crippen LogP contribution in [-0.4, -0.2) is 65.0 Å². The Hall–Kier alpha value is -2.48. The lowest BCUT2D eigenvalue weighted by Gasteiger charge is -2.36. The van der Waals surface area contributed by atoms with Gasteiger partial charge in [-0.15, -0.1) is 0 Å². The van der Waals surface area contributed by atoms with Crippen molar-refractivity contribution < 1.29 is 29.6 Å². The van der Waals surface area contributed by atoms with E-state index in [9.17, 15) is 24.9 Å². The van der Waals surface area contributed by atoms with E-state index in [0.717, 1.165) is 29.6 Å². The summed E-state index contributed by atoms with van der Waals surface area (Å²) < 4.78 is 5.40. The average Bonchev–Trinajstić information content (AvgIpc) is 3.06. The second-order valence-electron chi connectivity index (χ2n) is 9.65. The van der Waals surface area contributed by atoms with Crippen LogP contribution in [0.5, 0.6) is 5.75 Å². The lowest BCUT2D eigenvalue weighted by atomic mass is 9.68. The fourth-order valence-electron chi connectivity index (χ4n) is 5.69. The number of carbonyl (C=O) groups excluding carboxylic acids is 2. The molecule has 1 saturated heterocycles. The highest BCUT2D eigenvalue weighted by Gasteiger charge is 2.54. The maximum absolute atomic E-state index is 13.2. The molecule has 2 amide bonds. The Kier molecular flexibility index (Phi) is 9.66. The Morgan fingerprint density at radius 2 is 1.97 bits per heavy atom. The van der Waals surface area contributed by atoms with Crippen molar-refractivity contribution in [3.05, 3.63) is 46.5 Å². The van der Waals surface area contributed by atoms with E-state index in [2.05, 4.69) is 6.92 Å². The fraction of sp³-hybridized carbons (Fsp3) is 0.571. The van der Waals surface area contributed by atoms with Crippen molar-refractivity contribution in [1.29, 1.82) is 0 Å². The zero-order chi connectivity index (χ0) is 25.5. The summed E-state index contributed by atoms with van der Waals surface area (Å²) in [4.78, 5) is 27.5. The summed E-state index contributed by atoms with van der Waals surface area (Å²) in [7, 11) is 1.57. The summed E-state index contributed by atoms with van der Waals surface area (Å²) in [6, 6.07) is 7.07. The van der Waals surface area contributed by atoms with Crippen LogP contribution in [0.1, 0.15) is 57.9 Å². The Bertz CT molecular complexity index is 968. The number of ether oxygens (including phenoxy) is 1. The monoisotopic (exact) mass is 485 g/mol. The molecule has 0 radical (unpaired) electrons. The third-order valence-corrected chi connectivity index (χ3v) is 7.15. The first-order valence-corrected chi connectivity index (χ1v) is 12.7. The average molecular weight is 486 g/mol. The molecule has 0 bridgehead atoms. The van der Waals surface area contributed by atoms with Crippen LogP contribution in [0.15, 0.2) is 41.0 Å². The molecule has 7 heteroatoms. The molecule has 1 aromatic rings. The predicted molar refractivity (Wildman–Crippen MR) is 134 cm³/mol. The molecule has 0 unspecified atom stereocenters. The largest absolute Gasteiger partial charge is 0.508 e. The van der Waals surface area contributed by atoms with Crippen molar-refractivity contribution in [2.24, 2.45) is 17.8 Å². The quantitative estimate of drug-likeness (QED) is 0.308. The standard InChI is InChI=1S/C28H39NO6/c1-4-7-18(13-19-8-6-9-21(31)14-19)10-11-24(32)25-20(17-35-3)15-22-26(23(25)16-30)28(34)29(12-5-2)27(22)33/h6,8-9,13-14,22-24,26,30-32H,4-5,7,10-12,15-17H2,1-3H3/b18-13+/t22-,23+,24-,26-/m1/s1. The Balaban J connectivity index is 1.86. The number of amides is 2. The van der Waals surface area contributed by atoms with Gasteiger partial charge in [0, 0.05) is 19.6 Å². The number of benzene rings is 1. The van der Waals surface area contributed by atoms with Crippen LogP contribution in [0.2, 0.25) is 0 Å². The third kappa shape index (κ3) is 6.02. The highest BCUT2D eigenvalue weighted by Crippen LogP contribution is 2.46. The van der Waals surface area contributed by atoms with E-state index in [1.807, 2.05) is 19.1 Å². The lowest BCUT2D eigenvalue weighted by molar-refractivity contribution is -0.140. The maximum atomic E-state index is 13.2. The molecule has 3 N–H and O–H groups in total. The summed E-state index contributed by atoms with van der Waals surface area (Å²) in [5, 5.41) is 31.5. The number of fused-ring (bicyclic) bond motifs is 1. The predicted octanol–water partition coefficient (Wildman–Crippen LogP) is 3.68. The van der Waals surface area contributed by atoms with Crippen LogP contribution in [-0.2, 0) is 14.3 Å². The number of carbonyl (C=O) groups is 2. The molecule has 4 atom stereocenters. The molecule has 1 aliphatic heterocycles. The summed E-state index contributed by atoms with van der Waals surface area (Å²) in [5.74, 6) is -1.95. The molecule has 1 aliphatic carbocycles. The molecule has 7 nitrogen and oxygen atoms in total. The number of phenols is 1. The molecule has 192 valence electrons. The van der Waals surface area contributed by atoms with Crippen LogP contribution >= 0.6 is 0 Å². The minimum absolute atomic E-state index is 0.179. The summed E-state index contributed by atoms with van der Waals surface area (Å²) in [6.07, 6.45) is 5.11. The molecule has 0 spiro atoms. The molecular weight excluding hydrogens is 446 g/mol. The minimum atomic E-state index is -0.856. The smallest absolute Gasteiger partial charge is 0.233 e. The van der Waals surface area contributed by atoms with Crippen molar-refractivity contribution in [2.75, 3.05) is 26.9 Å². The second kappa shape index (κ2) is 12.5. The highest BCUT2D eigenvalue weighted by atomic mass is 16.5. The summed E-state index contributed by atoms with van der Waals surface area (Å²) in [6.45, 7) is 4.34. The van der Waals surface area contributed by atoms with Crippen molar-refractivity contribution in [2.45, 2.75) is 58.5 Å². The normalized spacial score (nSPS) is 23.7. The number of imide groups is 1. The van der Waals surface area contributed by atoms with E-state index in [1.165, 1.54) is 4.90 Å². The van der Waals surface area contributed by atoms with E-state index in [4.69, 9.17) is 4.74 Å². The number of aromatic hydroxyl groups is 1.